The van der Waals surface area contributed by atoms with Crippen molar-refractivity contribution in [1.29, 1.82) is 0 Å². The monoisotopic (exact) mass is 355 g/mol. The van der Waals surface area contributed by atoms with E-state index in [1.807, 2.05) is 0 Å². The van der Waals surface area contributed by atoms with Gasteiger partial charge in [0.2, 0.25) is 5.91 Å². The Hall–Kier alpha value is -1.93. The number of carboxylic acids is 1. The molecule has 132 valence electrons. The Labute approximate surface area is 140 Å². The lowest BCUT2D eigenvalue weighted by Crippen LogP contribution is -2.45. The summed E-state index contributed by atoms with van der Waals surface area (Å²) in [5, 5.41) is 12.1. The Bertz CT molecular complexity index is 768. The number of aliphatic carboxylic acids is 1. The lowest BCUT2D eigenvalue weighted by Gasteiger charge is -2.39. The van der Waals surface area contributed by atoms with Crippen LogP contribution in [0.4, 0.5) is 5.69 Å². The van der Waals surface area contributed by atoms with Crippen molar-refractivity contribution in [2.24, 2.45) is 16.7 Å². The minimum Gasteiger partial charge on any atom is -0.481 e. The van der Waals surface area contributed by atoms with Crippen LogP contribution in [0.25, 0.3) is 0 Å². The van der Waals surface area contributed by atoms with Crippen molar-refractivity contribution in [3.8, 4) is 0 Å². The fourth-order valence-electron chi connectivity index (χ4n) is 3.32. The van der Waals surface area contributed by atoms with Crippen molar-refractivity contribution < 1.29 is 27.7 Å². The smallest absolute Gasteiger partial charge is 0.307 e. The summed E-state index contributed by atoms with van der Waals surface area (Å²) in [5.41, 5.74) is -1.21. The van der Waals surface area contributed by atoms with E-state index in [0.717, 1.165) is 0 Å². The van der Waals surface area contributed by atoms with Gasteiger partial charge in [-0.15, -0.1) is 0 Å². The molecule has 1 aromatic carbocycles. The Kier molecular flexibility index (Phi) is 4.49. The molecule has 1 aliphatic rings. The second-order valence-electron chi connectivity index (χ2n) is 6.94. The molecule has 0 unspecified atom stereocenters. The quantitative estimate of drug-likeness (QED) is 0.713. The fraction of sp³-hybridized carbons (Fsp3) is 0.500. The van der Waals surface area contributed by atoms with Gasteiger partial charge < -0.3 is 10.4 Å². The molecule has 1 fully saturated rings. The number of hydrogen-bond donors (Lipinski definition) is 3. The molecule has 7 nitrogen and oxygen atoms in total. The number of anilines is 1. The number of amides is 1. The van der Waals surface area contributed by atoms with Gasteiger partial charge in [-0.05, 0) is 42.5 Å². The zero-order chi connectivity index (χ0) is 18.3. The molecule has 1 aromatic rings. The van der Waals surface area contributed by atoms with Gasteiger partial charge in [0.05, 0.1) is 16.2 Å². The standard InChI is InChI=1S/C16H21NO6S/c1-15(2)12(13(18)19)8-9-16(15,3)14(20)17-10-4-6-11(7-5-10)24(21,22)23/h4-7,12H,8-9H2,1-3H3,(H,17,20)(H,18,19)(H,21,22,23)/t12-,16-/m1/s1. The lowest BCUT2D eigenvalue weighted by atomic mass is 9.65. The van der Waals surface area contributed by atoms with Crippen LogP contribution in [0.15, 0.2) is 29.2 Å². The van der Waals surface area contributed by atoms with E-state index in [-0.39, 0.29) is 10.8 Å². The molecule has 1 saturated carbocycles. The van der Waals surface area contributed by atoms with Crippen LogP contribution in [0.2, 0.25) is 0 Å². The van der Waals surface area contributed by atoms with E-state index >= 15 is 0 Å². The fourth-order valence-corrected chi connectivity index (χ4v) is 3.80. The van der Waals surface area contributed by atoms with Crippen LogP contribution in [0.3, 0.4) is 0 Å². The highest BCUT2D eigenvalue weighted by molar-refractivity contribution is 7.85. The first-order valence-electron chi connectivity index (χ1n) is 7.51. The average Bonchev–Trinajstić information content (AvgIpc) is 2.70. The second kappa shape index (κ2) is 5.86. The number of rotatable bonds is 4. The topological polar surface area (TPSA) is 121 Å². The van der Waals surface area contributed by atoms with E-state index in [4.69, 9.17) is 4.55 Å². The molecule has 24 heavy (non-hydrogen) atoms. The van der Waals surface area contributed by atoms with Crippen molar-refractivity contribution in [3.63, 3.8) is 0 Å². The van der Waals surface area contributed by atoms with E-state index in [9.17, 15) is 23.1 Å². The predicted octanol–water partition coefficient (Wildman–Crippen LogP) is 2.40. The summed E-state index contributed by atoms with van der Waals surface area (Å²) in [5.74, 6) is -1.82. The summed E-state index contributed by atoms with van der Waals surface area (Å²) in [4.78, 5) is 23.9. The van der Waals surface area contributed by atoms with E-state index in [2.05, 4.69) is 5.32 Å². The van der Waals surface area contributed by atoms with Gasteiger partial charge in [-0.25, -0.2) is 0 Å². The summed E-state index contributed by atoms with van der Waals surface area (Å²) >= 11 is 0. The van der Waals surface area contributed by atoms with E-state index < -0.39 is 32.8 Å². The van der Waals surface area contributed by atoms with Gasteiger partial charge in [-0.1, -0.05) is 20.8 Å². The van der Waals surface area contributed by atoms with E-state index in [1.54, 1.807) is 20.8 Å². The molecular weight excluding hydrogens is 334 g/mol. The maximum Gasteiger partial charge on any atom is 0.307 e. The van der Waals surface area contributed by atoms with E-state index in [0.29, 0.717) is 18.5 Å². The Morgan fingerprint density at radius 1 is 1.17 bits per heavy atom. The van der Waals surface area contributed by atoms with Gasteiger partial charge in [0.25, 0.3) is 10.1 Å². The predicted molar refractivity (Wildman–Crippen MR) is 87.1 cm³/mol. The number of carboxylic acid groups (broad SMARTS) is 1. The summed E-state index contributed by atoms with van der Waals surface area (Å²) in [7, 11) is -4.29. The molecule has 8 heteroatoms. The molecule has 3 N–H and O–H groups in total. The highest BCUT2D eigenvalue weighted by atomic mass is 32.2. The SMILES string of the molecule is CC1(C)[C@@H](C(=O)O)CC[C@]1(C)C(=O)Nc1ccc(S(=O)(=O)O)cc1. The number of hydrogen-bond acceptors (Lipinski definition) is 4. The molecule has 2 rings (SSSR count). The summed E-state index contributed by atoms with van der Waals surface area (Å²) in [6.07, 6.45) is 0.875. The summed E-state index contributed by atoms with van der Waals surface area (Å²) in [6.45, 7) is 5.30. The van der Waals surface area contributed by atoms with Gasteiger partial charge in [-0.2, -0.15) is 8.42 Å². The van der Waals surface area contributed by atoms with Gasteiger partial charge in [-0.3, -0.25) is 14.1 Å². The van der Waals surface area contributed by atoms with Crippen LogP contribution >= 0.6 is 0 Å². The van der Waals surface area contributed by atoms with Crippen LogP contribution in [0, 0.1) is 16.7 Å². The maximum atomic E-state index is 12.7. The molecule has 0 radical (unpaired) electrons. The summed E-state index contributed by atoms with van der Waals surface area (Å²) < 4.78 is 31.0. The van der Waals surface area contributed by atoms with Crippen molar-refractivity contribution >= 4 is 27.7 Å². The molecule has 0 saturated heterocycles. The molecule has 0 bridgehead atoms. The molecule has 2 atom stereocenters. The first-order chi connectivity index (χ1) is 10.9. The molecule has 0 heterocycles. The van der Waals surface area contributed by atoms with Crippen LogP contribution in [0.1, 0.15) is 33.6 Å². The van der Waals surface area contributed by atoms with E-state index in [1.165, 1.54) is 24.3 Å². The maximum absolute atomic E-state index is 12.7. The number of carbonyl (C=O) groups excluding carboxylic acids is 1. The first kappa shape index (κ1) is 18.4. The molecule has 0 aliphatic heterocycles. The first-order valence-corrected chi connectivity index (χ1v) is 8.95. The third-order valence-corrected chi connectivity index (χ3v) is 6.30. The minimum absolute atomic E-state index is 0.265. The van der Waals surface area contributed by atoms with Crippen molar-refractivity contribution in [3.05, 3.63) is 24.3 Å². The minimum atomic E-state index is -4.29. The summed E-state index contributed by atoms with van der Waals surface area (Å²) in [6, 6.07) is 5.13. The largest absolute Gasteiger partial charge is 0.481 e. The Balaban J connectivity index is 2.22. The molecule has 0 spiro atoms. The Morgan fingerprint density at radius 3 is 2.12 bits per heavy atom. The van der Waals surface area contributed by atoms with Gasteiger partial charge in [0, 0.05) is 5.69 Å². The van der Waals surface area contributed by atoms with Crippen LogP contribution < -0.4 is 5.32 Å². The lowest BCUT2D eigenvalue weighted by molar-refractivity contribution is -0.147. The normalized spacial score (nSPS) is 26.1. The van der Waals surface area contributed by atoms with Gasteiger partial charge in [0.15, 0.2) is 0 Å². The van der Waals surface area contributed by atoms with Crippen LogP contribution in [0.5, 0.6) is 0 Å². The molecular formula is C16H21NO6S. The highest BCUT2D eigenvalue weighted by Crippen LogP contribution is 2.56. The molecule has 1 amide bonds. The molecule has 1 aliphatic carbocycles. The van der Waals surface area contributed by atoms with Gasteiger partial charge >= 0.3 is 5.97 Å². The third kappa shape index (κ3) is 3.03. The zero-order valence-corrected chi connectivity index (χ0v) is 14.6. The van der Waals surface area contributed by atoms with Crippen molar-refractivity contribution in [2.75, 3.05) is 5.32 Å². The molecule has 0 aromatic heterocycles. The Morgan fingerprint density at radius 2 is 1.71 bits per heavy atom. The van der Waals surface area contributed by atoms with Crippen molar-refractivity contribution in [2.45, 2.75) is 38.5 Å². The number of benzene rings is 1. The van der Waals surface area contributed by atoms with Crippen LogP contribution in [-0.2, 0) is 19.7 Å². The number of carbonyl (C=O) groups is 2. The van der Waals surface area contributed by atoms with Crippen LogP contribution in [-0.4, -0.2) is 30.0 Å². The highest BCUT2D eigenvalue weighted by Gasteiger charge is 2.58. The number of nitrogens with one attached hydrogen (secondary N) is 1. The third-order valence-electron chi connectivity index (χ3n) is 5.44. The van der Waals surface area contributed by atoms with Crippen molar-refractivity contribution in [1.82, 2.24) is 0 Å². The average molecular weight is 355 g/mol. The zero-order valence-electron chi connectivity index (χ0n) is 13.7. The second-order valence-corrected chi connectivity index (χ2v) is 8.36. The van der Waals surface area contributed by atoms with Gasteiger partial charge in [0.1, 0.15) is 0 Å².